The molecule has 0 aromatic heterocycles. The Bertz CT molecular complexity index is 459. The molecular weight excluding hydrogens is 309 g/mol. The monoisotopic (exact) mass is 333 g/mol. The molecule has 0 radical (unpaired) electrons. The largest absolute Gasteiger partial charge is 1.00 e. The first-order valence-electron chi connectivity index (χ1n) is 8.21. The number of ether oxygens (including phenoxy) is 1. The summed E-state index contributed by atoms with van der Waals surface area (Å²) in [4.78, 5) is 23.2. The summed E-state index contributed by atoms with van der Waals surface area (Å²) in [6.07, 6.45) is 4.49. The molecule has 1 amide bonds. The normalized spacial score (nSPS) is 30.5. The van der Waals surface area contributed by atoms with Crippen LogP contribution in [-0.2, 0) is 14.3 Å². The molecule has 3 fully saturated rings. The van der Waals surface area contributed by atoms with E-state index in [1.165, 1.54) is 0 Å². The first kappa shape index (κ1) is 19.2. The van der Waals surface area contributed by atoms with Crippen molar-refractivity contribution in [2.24, 2.45) is 10.8 Å². The zero-order valence-electron chi connectivity index (χ0n) is 13.8. The van der Waals surface area contributed by atoms with Crippen LogP contribution in [0.2, 0.25) is 0 Å². The second kappa shape index (κ2) is 7.40. The van der Waals surface area contributed by atoms with Crippen molar-refractivity contribution in [1.29, 1.82) is 0 Å². The summed E-state index contributed by atoms with van der Waals surface area (Å²) in [6, 6.07) is -0.0148. The summed E-state index contributed by atoms with van der Waals surface area (Å²) in [5.41, 5.74) is -0.650. The van der Waals surface area contributed by atoms with E-state index in [0.29, 0.717) is 19.6 Å². The molecule has 23 heavy (non-hydrogen) atoms. The van der Waals surface area contributed by atoms with E-state index in [9.17, 15) is 19.8 Å². The van der Waals surface area contributed by atoms with Gasteiger partial charge < -0.3 is 25.1 Å². The first-order valence-corrected chi connectivity index (χ1v) is 8.21. The van der Waals surface area contributed by atoms with Gasteiger partial charge >= 0.3 is 29.6 Å². The van der Waals surface area contributed by atoms with Crippen LogP contribution in [0, 0.1) is 10.8 Å². The third-order valence-electron chi connectivity index (χ3n) is 6.04. The molecule has 6 nitrogen and oxygen atoms in total. The van der Waals surface area contributed by atoms with Gasteiger partial charge in [-0.25, -0.2) is 0 Å². The molecule has 2 N–H and O–H groups in total. The fraction of sp³-hybridized carbons (Fsp3) is 0.875. The Morgan fingerprint density at radius 2 is 1.83 bits per heavy atom. The molecule has 124 valence electrons. The Labute approximate surface area is 158 Å². The maximum Gasteiger partial charge on any atom is 1.00 e. The van der Waals surface area contributed by atoms with Crippen molar-refractivity contribution in [2.45, 2.75) is 63.5 Å². The average Bonchev–Trinajstić information content (AvgIpc) is 2.45. The van der Waals surface area contributed by atoms with Crippen LogP contribution in [-0.4, -0.2) is 42.3 Å². The van der Waals surface area contributed by atoms with Gasteiger partial charge in [0.25, 0.3) is 0 Å². The summed E-state index contributed by atoms with van der Waals surface area (Å²) in [7, 11) is 0. The van der Waals surface area contributed by atoms with E-state index in [2.05, 4.69) is 5.32 Å². The molecule has 7 heteroatoms. The van der Waals surface area contributed by atoms with Crippen LogP contribution in [0.5, 0.6) is 0 Å². The summed E-state index contributed by atoms with van der Waals surface area (Å²) in [5.74, 6) is -1.17. The minimum atomic E-state index is -1.08. The van der Waals surface area contributed by atoms with Crippen molar-refractivity contribution in [3.05, 3.63) is 0 Å². The number of aliphatic carboxylic acids is 1. The van der Waals surface area contributed by atoms with Gasteiger partial charge in [0.15, 0.2) is 0 Å². The summed E-state index contributed by atoms with van der Waals surface area (Å²) in [6.45, 7) is 1.25. The fourth-order valence-corrected chi connectivity index (χ4v) is 4.39. The van der Waals surface area contributed by atoms with E-state index in [1.54, 1.807) is 0 Å². The zero-order chi connectivity index (χ0) is 15.8. The smallest absolute Gasteiger partial charge is 0.550 e. The third-order valence-corrected chi connectivity index (χ3v) is 6.04. The van der Waals surface area contributed by atoms with E-state index in [-0.39, 0.29) is 65.9 Å². The van der Waals surface area contributed by atoms with Crippen LogP contribution in [0.4, 0.5) is 0 Å². The summed E-state index contributed by atoms with van der Waals surface area (Å²) >= 11 is 0. The maximum atomic E-state index is 12.3. The Hall–Kier alpha value is -0.140. The van der Waals surface area contributed by atoms with Crippen molar-refractivity contribution in [2.75, 3.05) is 13.2 Å². The molecule has 1 aliphatic heterocycles. The quantitative estimate of drug-likeness (QED) is 0.515. The number of carbonyl (C=O) groups is 2. The van der Waals surface area contributed by atoms with Gasteiger partial charge in [-0.05, 0) is 43.9 Å². The second-order valence-electron chi connectivity index (χ2n) is 7.30. The minimum absolute atomic E-state index is 0. The van der Waals surface area contributed by atoms with Crippen molar-refractivity contribution < 1.29 is 54.1 Å². The molecule has 3 aliphatic rings. The van der Waals surface area contributed by atoms with Crippen LogP contribution in [0.3, 0.4) is 0 Å². The Morgan fingerprint density at radius 1 is 1.17 bits per heavy atom. The molecule has 0 bridgehead atoms. The Morgan fingerprint density at radius 3 is 2.30 bits per heavy atom. The van der Waals surface area contributed by atoms with Gasteiger partial charge in [-0.1, -0.05) is 6.42 Å². The van der Waals surface area contributed by atoms with Gasteiger partial charge in [0, 0.05) is 37.1 Å². The van der Waals surface area contributed by atoms with E-state index in [1.807, 2.05) is 0 Å². The van der Waals surface area contributed by atoms with Gasteiger partial charge in [-0.3, -0.25) is 4.79 Å². The van der Waals surface area contributed by atoms with Crippen LogP contribution in [0.15, 0.2) is 0 Å². The third kappa shape index (κ3) is 3.76. The predicted octanol–water partition coefficient (Wildman–Crippen LogP) is -3.26. The molecule has 1 heterocycles. The molecule has 2 aliphatic carbocycles. The van der Waals surface area contributed by atoms with Crippen LogP contribution in [0.1, 0.15) is 51.4 Å². The minimum Gasteiger partial charge on any atom is -0.550 e. The van der Waals surface area contributed by atoms with Crippen molar-refractivity contribution in [1.82, 2.24) is 5.32 Å². The molecule has 0 unspecified atom stereocenters. The number of nitrogens with one attached hydrogen (secondary N) is 1. The van der Waals surface area contributed by atoms with Crippen LogP contribution in [0.25, 0.3) is 0 Å². The molecule has 3 rings (SSSR count). The van der Waals surface area contributed by atoms with Crippen molar-refractivity contribution in [3.63, 3.8) is 0 Å². The number of carboxylic acid groups (broad SMARTS) is 1. The predicted molar refractivity (Wildman–Crippen MR) is 75.6 cm³/mol. The van der Waals surface area contributed by atoms with Gasteiger partial charge in [-0.15, -0.1) is 0 Å². The van der Waals surface area contributed by atoms with E-state index in [0.717, 1.165) is 32.1 Å². The number of amides is 1. The zero-order valence-corrected chi connectivity index (χ0v) is 15.8. The number of carboxylic acids is 1. The number of rotatable bonds is 5. The number of aliphatic hydroxyl groups excluding tert-OH is 1. The number of hydrogen-bond acceptors (Lipinski definition) is 5. The first-order chi connectivity index (χ1) is 10.5. The van der Waals surface area contributed by atoms with Gasteiger partial charge in [0.2, 0.25) is 5.91 Å². The van der Waals surface area contributed by atoms with Crippen LogP contribution < -0.4 is 40.0 Å². The number of hydrogen-bond donors (Lipinski definition) is 2. The number of carbonyl (C=O) groups excluding carboxylic acids is 2. The van der Waals surface area contributed by atoms with Gasteiger partial charge in [-0.2, -0.15) is 0 Å². The summed E-state index contributed by atoms with van der Waals surface area (Å²) in [5, 5.41) is 24.0. The average molecular weight is 333 g/mol. The maximum absolute atomic E-state index is 12.3. The van der Waals surface area contributed by atoms with E-state index in [4.69, 9.17) is 4.74 Å². The van der Waals surface area contributed by atoms with Crippen molar-refractivity contribution in [3.8, 4) is 0 Å². The molecule has 0 aromatic carbocycles. The Balaban J connectivity index is 0.00000192. The number of aliphatic hydroxyl groups is 1. The summed E-state index contributed by atoms with van der Waals surface area (Å²) < 4.78 is 5.36. The molecular formula is C16H24NNaO5. The van der Waals surface area contributed by atoms with Gasteiger partial charge in [0.1, 0.15) is 0 Å². The van der Waals surface area contributed by atoms with Crippen LogP contribution >= 0.6 is 0 Å². The van der Waals surface area contributed by atoms with E-state index < -0.39 is 11.4 Å². The van der Waals surface area contributed by atoms with E-state index >= 15 is 0 Å². The molecule has 2 atom stereocenters. The standard InChI is InChI=1S/C16H25NO5.Na/c18-12-8-11(16(12)4-6-22-7-5-16)17-13(19)9-15(2-1-3-15)10-14(20)21;/h11-12,18H,1-10H2,(H,17,19)(H,20,21);/q;+1/p-1/t11-,12-;/m1./s1. The SMILES string of the molecule is O=C([O-])CC1(CC(=O)N[C@@H]2C[C@@H](O)C23CCOCC3)CCC1.[Na+]. The topological polar surface area (TPSA) is 98.7 Å². The van der Waals surface area contributed by atoms with Crippen molar-refractivity contribution >= 4 is 11.9 Å². The molecule has 1 saturated heterocycles. The molecule has 1 spiro atoms. The van der Waals surface area contributed by atoms with Gasteiger partial charge in [0.05, 0.1) is 6.10 Å². The molecule has 0 aromatic rings. The molecule has 2 saturated carbocycles. The Kier molecular flexibility index (Phi) is 6.17. The fourth-order valence-electron chi connectivity index (χ4n) is 4.39. The second-order valence-corrected chi connectivity index (χ2v) is 7.30.